The van der Waals surface area contributed by atoms with E-state index in [4.69, 9.17) is 5.73 Å². The molecule has 2 N–H and O–H groups in total. The molecule has 0 aliphatic heterocycles. The highest BCUT2D eigenvalue weighted by Crippen LogP contribution is 2.36. The molecule has 76 valence electrons. The maximum Gasteiger partial charge on any atom is 0.143 e. The summed E-state index contributed by atoms with van der Waals surface area (Å²) in [6.07, 6.45) is 4.08. The number of rotatable bonds is 2. The second kappa shape index (κ2) is 3.79. The van der Waals surface area contributed by atoms with E-state index in [1.165, 1.54) is 0 Å². The molecule has 0 aromatic carbocycles. The van der Waals surface area contributed by atoms with Crippen LogP contribution in [0.3, 0.4) is 0 Å². The van der Waals surface area contributed by atoms with Gasteiger partial charge in [0.15, 0.2) is 0 Å². The fourth-order valence-electron chi connectivity index (χ4n) is 2.21. The minimum atomic E-state index is -0.129. The summed E-state index contributed by atoms with van der Waals surface area (Å²) in [5, 5.41) is 0. The minimum absolute atomic E-state index is 0.0760. The number of hydrogen-bond donors (Lipinski definition) is 1. The molecule has 0 aromatic rings. The number of carbonyl (C=O) groups excluding carboxylic acids is 1. The van der Waals surface area contributed by atoms with Gasteiger partial charge in [0.1, 0.15) is 5.78 Å². The van der Waals surface area contributed by atoms with Gasteiger partial charge < -0.3 is 5.73 Å². The summed E-state index contributed by atoms with van der Waals surface area (Å²) in [5.41, 5.74) is 5.81. The molecule has 0 amide bonds. The molecule has 0 spiro atoms. The average Bonchev–Trinajstić information content (AvgIpc) is 2.08. The van der Waals surface area contributed by atoms with Crippen LogP contribution in [0.5, 0.6) is 0 Å². The van der Waals surface area contributed by atoms with Crippen LogP contribution >= 0.6 is 0 Å². The standard InChI is InChI=1S/C11H21NO/c1-4-9(12)8-6-5-7-11(2,3)10(8)13/h8-9H,4-7,12H2,1-3H3. The smallest absolute Gasteiger partial charge is 0.143 e. The Morgan fingerprint density at radius 3 is 2.77 bits per heavy atom. The molecule has 1 rings (SSSR count). The molecule has 1 aliphatic carbocycles. The molecular weight excluding hydrogens is 162 g/mol. The van der Waals surface area contributed by atoms with Gasteiger partial charge in [0, 0.05) is 17.4 Å². The van der Waals surface area contributed by atoms with Crippen molar-refractivity contribution in [2.45, 2.75) is 52.5 Å². The lowest BCUT2D eigenvalue weighted by atomic mass is 9.68. The minimum Gasteiger partial charge on any atom is -0.327 e. The third-order valence-electron chi connectivity index (χ3n) is 3.31. The maximum absolute atomic E-state index is 12.0. The largest absolute Gasteiger partial charge is 0.327 e. The lowest BCUT2D eigenvalue weighted by molar-refractivity contribution is -0.135. The normalized spacial score (nSPS) is 30.2. The highest BCUT2D eigenvalue weighted by molar-refractivity contribution is 5.87. The van der Waals surface area contributed by atoms with Crippen molar-refractivity contribution in [2.24, 2.45) is 17.1 Å². The van der Waals surface area contributed by atoms with Gasteiger partial charge in [0.2, 0.25) is 0 Å². The third kappa shape index (κ3) is 2.11. The van der Waals surface area contributed by atoms with Crippen molar-refractivity contribution < 1.29 is 4.79 Å². The van der Waals surface area contributed by atoms with Crippen LogP contribution in [0.25, 0.3) is 0 Å². The van der Waals surface area contributed by atoms with Gasteiger partial charge in [-0.25, -0.2) is 0 Å². The van der Waals surface area contributed by atoms with Crippen LogP contribution < -0.4 is 5.73 Å². The number of carbonyl (C=O) groups is 1. The molecule has 2 nitrogen and oxygen atoms in total. The number of Topliss-reactive ketones (excluding diaryl/α,β-unsaturated/α-hetero) is 1. The molecule has 0 radical (unpaired) electrons. The molecule has 1 fully saturated rings. The van der Waals surface area contributed by atoms with E-state index >= 15 is 0 Å². The zero-order valence-electron chi connectivity index (χ0n) is 8.97. The van der Waals surface area contributed by atoms with Crippen molar-refractivity contribution >= 4 is 5.78 Å². The third-order valence-corrected chi connectivity index (χ3v) is 3.31. The zero-order valence-corrected chi connectivity index (χ0v) is 8.97. The van der Waals surface area contributed by atoms with Gasteiger partial charge in [0.25, 0.3) is 0 Å². The molecule has 2 atom stereocenters. The van der Waals surface area contributed by atoms with E-state index in [2.05, 4.69) is 6.92 Å². The Morgan fingerprint density at radius 1 is 1.62 bits per heavy atom. The lowest BCUT2D eigenvalue weighted by Gasteiger charge is -2.36. The molecule has 0 heterocycles. The van der Waals surface area contributed by atoms with Crippen molar-refractivity contribution in [1.82, 2.24) is 0 Å². The lowest BCUT2D eigenvalue weighted by Crippen LogP contribution is -2.44. The van der Waals surface area contributed by atoms with Crippen molar-refractivity contribution in [3.63, 3.8) is 0 Å². The molecule has 1 aliphatic rings. The first kappa shape index (κ1) is 10.7. The molecular formula is C11H21NO. The Balaban J connectivity index is 2.71. The van der Waals surface area contributed by atoms with E-state index in [0.29, 0.717) is 5.78 Å². The van der Waals surface area contributed by atoms with Crippen LogP contribution in [0.15, 0.2) is 0 Å². The maximum atomic E-state index is 12.0. The van der Waals surface area contributed by atoms with E-state index in [1.54, 1.807) is 0 Å². The Labute approximate surface area is 80.9 Å². The Bertz CT molecular complexity index is 198. The molecule has 1 saturated carbocycles. The first-order chi connectivity index (χ1) is 5.99. The fraction of sp³-hybridized carbons (Fsp3) is 0.909. The Hall–Kier alpha value is -0.370. The van der Waals surface area contributed by atoms with Crippen molar-refractivity contribution in [1.29, 1.82) is 0 Å². The highest BCUT2D eigenvalue weighted by Gasteiger charge is 2.39. The fourth-order valence-corrected chi connectivity index (χ4v) is 2.21. The van der Waals surface area contributed by atoms with Gasteiger partial charge in [-0.1, -0.05) is 27.2 Å². The van der Waals surface area contributed by atoms with Gasteiger partial charge in [-0.3, -0.25) is 4.79 Å². The van der Waals surface area contributed by atoms with E-state index in [9.17, 15) is 4.79 Å². The van der Waals surface area contributed by atoms with Gasteiger partial charge >= 0.3 is 0 Å². The van der Waals surface area contributed by atoms with Gasteiger partial charge in [-0.15, -0.1) is 0 Å². The summed E-state index contributed by atoms with van der Waals surface area (Å²) < 4.78 is 0. The highest BCUT2D eigenvalue weighted by atomic mass is 16.1. The summed E-state index contributed by atoms with van der Waals surface area (Å²) in [7, 11) is 0. The monoisotopic (exact) mass is 183 g/mol. The van der Waals surface area contributed by atoms with Crippen LogP contribution in [0.1, 0.15) is 46.5 Å². The van der Waals surface area contributed by atoms with E-state index in [-0.39, 0.29) is 17.4 Å². The SMILES string of the molecule is CCC(N)C1CCCC(C)(C)C1=O. The molecule has 0 bridgehead atoms. The van der Waals surface area contributed by atoms with E-state index in [0.717, 1.165) is 25.7 Å². The predicted molar refractivity (Wildman–Crippen MR) is 54.4 cm³/mol. The van der Waals surface area contributed by atoms with Crippen LogP contribution in [0, 0.1) is 11.3 Å². The summed E-state index contributed by atoms with van der Waals surface area (Å²) in [6, 6.07) is 0.0760. The van der Waals surface area contributed by atoms with Gasteiger partial charge in [-0.2, -0.15) is 0 Å². The van der Waals surface area contributed by atoms with Crippen LogP contribution in [0.4, 0.5) is 0 Å². The van der Waals surface area contributed by atoms with E-state index < -0.39 is 0 Å². The summed E-state index contributed by atoms with van der Waals surface area (Å²) in [4.78, 5) is 12.0. The molecule has 2 heteroatoms. The second-order valence-corrected chi connectivity index (χ2v) is 4.82. The predicted octanol–water partition coefficient (Wildman–Crippen LogP) is 2.12. The van der Waals surface area contributed by atoms with Crippen molar-refractivity contribution in [3.8, 4) is 0 Å². The second-order valence-electron chi connectivity index (χ2n) is 4.82. The molecule has 0 aromatic heterocycles. The topological polar surface area (TPSA) is 43.1 Å². The number of nitrogens with two attached hydrogens (primary N) is 1. The molecule has 2 unspecified atom stereocenters. The Morgan fingerprint density at radius 2 is 2.23 bits per heavy atom. The molecule has 0 saturated heterocycles. The van der Waals surface area contributed by atoms with Crippen LogP contribution in [0.2, 0.25) is 0 Å². The van der Waals surface area contributed by atoms with Crippen LogP contribution in [-0.4, -0.2) is 11.8 Å². The first-order valence-corrected chi connectivity index (χ1v) is 5.29. The molecule has 13 heavy (non-hydrogen) atoms. The van der Waals surface area contributed by atoms with Crippen molar-refractivity contribution in [3.05, 3.63) is 0 Å². The zero-order chi connectivity index (χ0) is 10.1. The summed E-state index contributed by atoms with van der Waals surface area (Å²) in [6.45, 7) is 6.15. The Kier molecular flexibility index (Phi) is 3.12. The van der Waals surface area contributed by atoms with Crippen molar-refractivity contribution in [2.75, 3.05) is 0 Å². The van der Waals surface area contributed by atoms with Crippen LogP contribution in [-0.2, 0) is 4.79 Å². The van der Waals surface area contributed by atoms with Gasteiger partial charge in [-0.05, 0) is 19.3 Å². The first-order valence-electron chi connectivity index (χ1n) is 5.29. The summed E-state index contributed by atoms with van der Waals surface area (Å²) >= 11 is 0. The summed E-state index contributed by atoms with van der Waals surface area (Å²) in [5.74, 6) is 0.502. The number of ketones is 1. The van der Waals surface area contributed by atoms with E-state index in [1.807, 2.05) is 13.8 Å². The quantitative estimate of drug-likeness (QED) is 0.712. The number of hydrogen-bond acceptors (Lipinski definition) is 2. The van der Waals surface area contributed by atoms with Gasteiger partial charge in [0.05, 0.1) is 0 Å². The average molecular weight is 183 g/mol.